The maximum absolute atomic E-state index is 8.68. The van der Waals surface area contributed by atoms with Crippen LogP contribution in [-0.4, -0.2) is 22.3 Å². The first kappa shape index (κ1) is 13.2. The molecule has 0 aliphatic heterocycles. The van der Waals surface area contributed by atoms with E-state index in [1.54, 1.807) is 36.7 Å². The molecule has 0 saturated heterocycles. The van der Waals surface area contributed by atoms with Crippen LogP contribution in [0.25, 0.3) is 0 Å². The third-order valence-corrected chi connectivity index (χ3v) is 3.22. The Morgan fingerprint density at radius 2 is 1.95 bits per heavy atom. The lowest BCUT2D eigenvalue weighted by molar-refractivity contribution is 0.344. The van der Waals surface area contributed by atoms with Gasteiger partial charge in [0.1, 0.15) is 10.8 Å². The summed E-state index contributed by atoms with van der Waals surface area (Å²) in [6.45, 7) is 0.534. The molecule has 0 aliphatic rings. The number of hydrogen-bond donors (Lipinski definition) is 1. The number of nitrogens with two attached hydrogens (primary N) is 1. The van der Waals surface area contributed by atoms with E-state index in [2.05, 4.69) is 16.0 Å². The van der Waals surface area contributed by atoms with Crippen molar-refractivity contribution < 1.29 is 4.74 Å². The number of nitrogens with zero attached hydrogens (tertiary/aromatic N) is 3. The van der Waals surface area contributed by atoms with Crippen LogP contribution in [0.3, 0.4) is 0 Å². The smallest absolute Gasteiger partial charge is 0.156 e. The number of aromatic nitrogens is 2. The Balaban J connectivity index is 1.78. The van der Waals surface area contributed by atoms with E-state index >= 15 is 0 Å². The van der Waals surface area contributed by atoms with Crippen molar-refractivity contribution in [2.24, 2.45) is 0 Å². The lowest BCUT2D eigenvalue weighted by atomic mass is 10.2. The monoisotopic (exact) mass is 272 g/mol. The zero-order valence-electron chi connectivity index (χ0n) is 10.1. The predicted octanol–water partition coefficient (Wildman–Crippen LogP) is 2.10. The standard InChI is InChI=1S/C13H12N4OS/c14-9-10-1-3-11(4-2-10)18-7-8-19-13-12(15)16-5-6-17-13/h1-6H,7-8H2,(H2,15,16). The van der Waals surface area contributed by atoms with Gasteiger partial charge in [0.15, 0.2) is 5.82 Å². The van der Waals surface area contributed by atoms with Gasteiger partial charge in [-0.2, -0.15) is 5.26 Å². The quantitative estimate of drug-likeness (QED) is 0.662. The maximum Gasteiger partial charge on any atom is 0.156 e. The number of benzene rings is 1. The van der Waals surface area contributed by atoms with Gasteiger partial charge in [-0.1, -0.05) is 11.8 Å². The van der Waals surface area contributed by atoms with Gasteiger partial charge in [0.25, 0.3) is 0 Å². The molecular weight excluding hydrogens is 260 g/mol. The molecule has 2 rings (SSSR count). The van der Waals surface area contributed by atoms with E-state index < -0.39 is 0 Å². The van der Waals surface area contributed by atoms with Crippen molar-refractivity contribution in [3.05, 3.63) is 42.2 Å². The van der Waals surface area contributed by atoms with Gasteiger partial charge in [-0.15, -0.1) is 0 Å². The second-order valence-electron chi connectivity index (χ2n) is 3.58. The van der Waals surface area contributed by atoms with Crippen molar-refractivity contribution in [2.45, 2.75) is 5.03 Å². The summed E-state index contributed by atoms with van der Waals surface area (Å²) in [5.41, 5.74) is 6.30. The molecule has 0 spiro atoms. The first-order valence-electron chi connectivity index (χ1n) is 5.62. The van der Waals surface area contributed by atoms with E-state index in [4.69, 9.17) is 15.7 Å². The second-order valence-corrected chi connectivity index (χ2v) is 4.66. The molecule has 0 atom stereocenters. The highest BCUT2D eigenvalue weighted by molar-refractivity contribution is 7.99. The van der Waals surface area contributed by atoms with Gasteiger partial charge >= 0.3 is 0 Å². The van der Waals surface area contributed by atoms with Crippen molar-refractivity contribution in [3.8, 4) is 11.8 Å². The fourth-order valence-electron chi connectivity index (χ4n) is 1.37. The summed E-state index contributed by atoms with van der Waals surface area (Å²) in [4.78, 5) is 8.09. The van der Waals surface area contributed by atoms with Crippen molar-refractivity contribution in [2.75, 3.05) is 18.1 Å². The third kappa shape index (κ3) is 3.86. The number of nitrogen functional groups attached to an aromatic ring is 1. The Morgan fingerprint density at radius 1 is 1.21 bits per heavy atom. The van der Waals surface area contributed by atoms with Crippen LogP contribution in [0.5, 0.6) is 5.75 Å². The van der Waals surface area contributed by atoms with E-state index in [-0.39, 0.29) is 0 Å². The molecule has 2 aromatic rings. The minimum atomic E-state index is 0.436. The van der Waals surface area contributed by atoms with Gasteiger partial charge in [-0.3, -0.25) is 0 Å². The molecule has 5 nitrogen and oxygen atoms in total. The SMILES string of the molecule is N#Cc1ccc(OCCSc2nccnc2N)cc1. The highest BCUT2D eigenvalue weighted by atomic mass is 32.2. The van der Waals surface area contributed by atoms with Crippen LogP contribution in [-0.2, 0) is 0 Å². The summed E-state index contributed by atoms with van der Waals surface area (Å²) < 4.78 is 5.55. The normalized spacial score (nSPS) is 9.84. The Kier molecular flexibility index (Phi) is 4.59. The lowest BCUT2D eigenvalue weighted by Crippen LogP contribution is -2.02. The Bertz CT molecular complexity index is 580. The molecule has 1 aromatic heterocycles. The number of thioether (sulfide) groups is 1. The number of rotatable bonds is 5. The second kappa shape index (κ2) is 6.61. The van der Waals surface area contributed by atoms with E-state index in [1.165, 1.54) is 11.8 Å². The summed E-state index contributed by atoms with van der Waals surface area (Å²) in [6.07, 6.45) is 3.17. The average Bonchev–Trinajstić information content (AvgIpc) is 2.46. The van der Waals surface area contributed by atoms with Gasteiger partial charge in [-0.05, 0) is 24.3 Å². The molecule has 1 aromatic carbocycles. The van der Waals surface area contributed by atoms with Crippen molar-refractivity contribution in [3.63, 3.8) is 0 Å². The molecule has 96 valence electrons. The minimum absolute atomic E-state index is 0.436. The molecule has 0 fully saturated rings. The molecular formula is C13H12N4OS. The van der Waals surface area contributed by atoms with Crippen molar-refractivity contribution >= 4 is 17.6 Å². The fraction of sp³-hybridized carbons (Fsp3) is 0.154. The maximum atomic E-state index is 8.68. The largest absolute Gasteiger partial charge is 0.493 e. The van der Waals surface area contributed by atoms with E-state index in [1.807, 2.05) is 0 Å². The lowest BCUT2D eigenvalue weighted by Gasteiger charge is -2.06. The summed E-state index contributed by atoms with van der Waals surface area (Å²) in [6, 6.07) is 9.07. The fourth-order valence-corrected chi connectivity index (χ4v) is 2.07. The molecule has 0 aliphatic carbocycles. The molecule has 0 bridgehead atoms. The van der Waals surface area contributed by atoms with Crippen LogP contribution in [0.2, 0.25) is 0 Å². The molecule has 0 amide bonds. The summed E-state index contributed by atoms with van der Waals surface area (Å²) in [7, 11) is 0. The van der Waals surface area contributed by atoms with Crippen LogP contribution in [0.4, 0.5) is 5.82 Å². The van der Waals surface area contributed by atoms with Gasteiger partial charge in [0, 0.05) is 18.1 Å². The number of ether oxygens (including phenoxy) is 1. The summed E-state index contributed by atoms with van der Waals surface area (Å²) in [5.74, 6) is 1.90. The Morgan fingerprint density at radius 3 is 2.63 bits per heavy atom. The predicted molar refractivity (Wildman–Crippen MR) is 73.8 cm³/mol. The molecule has 6 heteroatoms. The van der Waals surface area contributed by atoms with Crippen molar-refractivity contribution in [1.82, 2.24) is 9.97 Å². The van der Waals surface area contributed by atoms with Crippen molar-refractivity contribution in [1.29, 1.82) is 5.26 Å². The summed E-state index contributed by atoms with van der Waals surface area (Å²) >= 11 is 1.50. The third-order valence-electron chi connectivity index (χ3n) is 2.27. The highest BCUT2D eigenvalue weighted by Crippen LogP contribution is 2.19. The number of anilines is 1. The van der Waals surface area contributed by atoms with Crippen LogP contribution >= 0.6 is 11.8 Å². The van der Waals surface area contributed by atoms with Crippen LogP contribution in [0.1, 0.15) is 5.56 Å². The molecule has 0 saturated carbocycles. The van der Waals surface area contributed by atoms with Gasteiger partial charge in [0.2, 0.25) is 0 Å². The first-order chi connectivity index (χ1) is 9.29. The zero-order valence-corrected chi connectivity index (χ0v) is 10.9. The summed E-state index contributed by atoms with van der Waals surface area (Å²) in [5, 5.41) is 9.39. The highest BCUT2D eigenvalue weighted by Gasteiger charge is 2.01. The molecule has 19 heavy (non-hydrogen) atoms. The van der Waals surface area contributed by atoms with Crippen LogP contribution in [0.15, 0.2) is 41.7 Å². The van der Waals surface area contributed by atoms with Crippen LogP contribution < -0.4 is 10.5 Å². The van der Waals surface area contributed by atoms with E-state index in [9.17, 15) is 0 Å². The Labute approximate surface area is 115 Å². The number of hydrogen-bond acceptors (Lipinski definition) is 6. The van der Waals surface area contributed by atoms with Gasteiger partial charge < -0.3 is 10.5 Å². The van der Waals surface area contributed by atoms with E-state index in [0.717, 1.165) is 11.5 Å². The first-order valence-corrected chi connectivity index (χ1v) is 6.60. The number of nitriles is 1. The average molecular weight is 272 g/mol. The van der Waals surface area contributed by atoms with Crippen LogP contribution in [0, 0.1) is 11.3 Å². The topological polar surface area (TPSA) is 84.8 Å². The van der Waals surface area contributed by atoms with Gasteiger partial charge in [-0.25, -0.2) is 9.97 Å². The molecule has 0 unspecified atom stereocenters. The van der Waals surface area contributed by atoms with E-state index in [0.29, 0.717) is 23.0 Å². The molecule has 2 N–H and O–H groups in total. The molecule has 0 radical (unpaired) electrons. The molecule has 1 heterocycles. The Hall–Kier alpha value is -2.26. The van der Waals surface area contributed by atoms with Gasteiger partial charge in [0.05, 0.1) is 18.2 Å². The zero-order chi connectivity index (χ0) is 13.5. The minimum Gasteiger partial charge on any atom is -0.493 e.